The molecule has 0 saturated carbocycles. The van der Waals surface area contributed by atoms with Crippen LogP contribution in [0.4, 0.5) is 4.79 Å². The molecule has 0 heterocycles. The van der Waals surface area contributed by atoms with Gasteiger partial charge in [0.1, 0.15) is 11.7 Å². The van der Waals surface area contributed by atoms with Crippen LogP contribution in [0.3, 0.4) is 0 Å². The lowest BCUT2D eigenvalue weighted by Crippen LogP contribution is -2.46. The summed E-state index contributed by atoms with van der Waals surface area (Å²) in [7, 11) is 0. The van der Waals surface area contributed by atoms with Crippen molar-refractivity contribution >= 4 is 17.9 Å². The summed E-state index contributed by atoms with van der Waals surface area (Å²) in [4.78, 5) is 10.5. The van der Waals surface area contributed by atoms with E-state index in [1.54, 1.807) is 33.1 Å². The summed E-state index contributed by atoms with van der Waals surface area (Å²) in [5.41, 5.74) is -0.572. The maximum atomic E-state index is 11.5. The van der Waals surface area contributed by atoms with Gasteiger partial charge >= 0.3 is 6.09 Å². The van der Waals surface area contributed by atoms with Crippen LogP contribution in [0.5, 0.6) is 0 Å². The highest BCUT2D eigenvalue weighted by molar-refractivity contribution is 8.00. The maximum absolute atomic E-state index is 11.5. The number of amides is 1. The first-order valence-electron chi connectivity index (χ1n) is 4.87. The molecule has 16 heavy (non-hydrogen) atoms. The third kappa shape index (κ3) is 5.08. The number of hydrogen-bond donors (Lipinski definition) is 1. The largest absolute Gasteiger partial charge is 0.444 e. The number of nitriles is 1. The highest BCUT2D eigenvalue weighted by atomic mass is 32.2. The molecular weight excluding hydrogens is 224 g/mol. The van der Waals surface area contributed by atoms with Crippen molar-refractivity contribution in [2.24, 2.45) is 0 Å². The molecule has 0 aliphatic rings. The Labute approximate surface area is 101 Å². The molecule has 1 amide bonds. The van der Waals surface area contributed by atoms with Crippen LogP contribution in [0.25, 0.3) is 0 Å². The fourth-order valence-corrected chi connectivity index (χ4v) is 1.54. The monoisotopic (exact) mass is 242 g/mol. The van der Waals surface area contributed by atoms with Crippen molar-refractivity contribution in [1.82, 2.24) is 5.32 Å². The predicted octanol–water partition coefficient (Wildman–Crippen LogP) is 2.67. The summed E-state index contributed by atoms with van der Waals surface area (Å²) in [5, 5.41) is 11.6. The Morgan fingerprint density at radius 2 is 2.19 bits per heavy atom. The number of ether oxygens (including phenoxy) is 1. The minimum atomic E-state index is -0.996. The average Bonchev–Trinajstić information content (AvgIpc) is 2.14. The molecule has 1 atom stereocenters. The number of nitrogens with zero attached hydrogens (tertiary/aromatic N) is 1. The lowest BCUT2D eigenvalue weighted by Gasteiger charge is -2.27. The van der Waals surface area contributed by atoms with E-state index in [4.69, 9.17) is 10.00 Å². The Morgan fingerprint density at radius 3 is 2.50 bits per heavy atom. The van der Waals surface area contributed by atoms with Gasteiger partial charge in [0.25, 0.3) is 0 Å². The third-order valence-electron chi connectivity index (χ3n) is 1.66. The van der Waals surface area contributed by atoms with E-state index >= 15 is 0 Å². The summed E-state index contributed by atoms with van der Waals surface area (Å²) in [6.45, 7) is 8.88. The predicted molar refractivity (Wildman–Crippen MR) is 66.0 cm³/mol. The van der Waals surface area contributed by atoms with Gasteiger partial charge in [-0.25, -0.2) is 4.79 Å². The smallest absolute Gasteiger partial charge is 0.409 e. The second-order valence-electron chi connectivity index (χ2n) is 4.26. The minimum Gasteiger partial charge on any atom is -0.444 e. The van der Waals surface area contributed by atoms with E-state index in [1.807, 2.05) is 0 Å². The molecule has 1 N–H and O–H groups in total. The first-order chi connectivity index (χ1) is 7.28. The highest BCUT2D eigenvalue weighted by Gasteiger charge is 2.31. The van der Waals surface area contributed by atoms with Gasteiger partial charge in [-0.3, -0.25) is 5.32 Å². The maximum Gasteiger partial charge on any atom is 0.409 e. The summed E-state index contributed by atoms with van der Waals surface area (Å²) < 4.78 is 5.09. The average molecular weight is 242 g/mol. The van der Waals surface area contributed by atoms with Crippen molar-refractivity contribution in [2.45, 2.75) is 37.7 Å². The number of alkyl carbamates (subject to hydrolysis) is 1. The fourth-order valence-electron chi connectivity index (χ4n) is 0.976. The van der Waals surface area contributed by atoms with Crippen molar-refractivity contribution in [3.05, 3.63) is 12.7 Å². The molecule has 0 rings (SSSR count). The zero-order valence-corrected chi connectivity index (χ0v) is 11.0. The summed E-state index contributed by atoms with van der Waals surface area (Å²) >= 11 is 1.25. The number of rotatable bonds is 4. The lowest BCUT2D eigenvalue weighted by molar-refractivity contribution is 0.0508. The highest BCUT2D eigenvalue weighted by Crippen LogP contribution is 2.24. The van der Waals surface area contributed by atoms with E-state index < -0.39 is 16.6 Å². The van der Waals surface area contributed by atoms with Gasteiger partial charge in [0.05, 0.1) is 0 Å². The van der Waals surface area contributed by atoms with Gasteiger partial charge < -0.3 is 4.74 Å². The summed E-state index contributed by atoms with van der Waals surface area (Å²) in [6, 6.07) is 2.06. The fraction of sp³-hybridized carbons (Fsp3) is 0.636. The van der Waals surface area contributed by atoms with E-state index in [9.17, 15) is 4.79 Å². The van der Waals surface area contributed by atoms with Gasteiger partial charge in [-0.2, -0.15) is 5.26 Å². The first-order valence-corrected chi connectivity index (χ1v) is 6.09. The lowest BCUT2D eigenvalue weighted by atomic mass is 10.2. The van der Waals surface area contributed by atoms with E-state index in [0.717, 1.165) is 0 Å². The molecule has 0 spiro atoms. The van der Waals surface area contributed by atoms with Gasteiger partial charge in [-0.05, 0) is 27.0 Å². The molecule has 0 fully saturated rings. The Balaban J connectivity index is 4.59. The van der Waals surface area contributed by atoms with E-state index in [0.29, 0.717) is 6.42 Å². The molecule has 0 bridgehead atoms. The van der Waals surface area contributed by atoms with Crippen LogP contribution in [0.15, 0.2) is 12.7 Å². The molecule has 0 aromatic carbocycles. The van der Waals surface area contributed by atoms with E-state index in [-0.39, 0.29) is 0 Å². The number of nitrogens with one attached hydrogen (secondary N) is 1. The zero-order chi connectivity index (χ0) is 12.8. The molecule has 90 valence electrons. The topological polar surface area (TPSA) is 62.1 Å². The normalized spacial score (nSPS) is 14.4. The van der Waals surface area contributed by atoms with Crippen molar-refractivity contribution in [3.8, 4) is 6.07 Å². The molecule has 0 radical (unpaired) electrons. The molecule has 0 aliphatic carbocycles. The van der Waals surface area contributed by atoms with Gasteiger partial charge in [-0.15, -0.1) is 18.3 Å². The second-order valence-corrected chi connectivity index (χ2v) is 5.37. The number of thioether (sulfide) groups is 1. The Hall–Kier alpha value is -1.15. The third-order valence-corrected chi connectivity index (χ3v) is 2.72. The van der Waals surface area contributed by atoms with Crippen molar-refractivity contribution in [3.63, 3.8) is 0 Å². The van der Waals surface area contributed by atoms with Gasteiger partial charge in [-0.1, -0.05) is 6.08 Å². The van der Waals surface area contributed by atoms with Crippen LogP contribution in [0.2, 0.25) is 0 Å². The van der Waals surface area contributed by atoms with Crippen LogP contribution in [-0.4, -0.2) is 22.8 Å². The van der Waals surface area contributed by atoms with Gasteiger partial charge in [0.15, 0.2) is 4.87 Å². The van der Waals surface area contributed by atoms with Gasteiger partial charge in [0.2, 0.25) is 0 Å². The Morgan fingerprint density at radius 1 is 1.62 bits per heavy atom. The van der Waals surface area contributed by atoms with E-state index in [2.05, 4.69) is 18.0 Å². The molecule has 5 heteroatoms. The quantitative estimate of drug-likeness (QED) is 0.608. The number of carbonyl (C=O) groups is 1. The Bertz CT molecular complexity index is 304. The molecule has 0 aromatic heterocycles. The molecule has 4 nitrogen and oxygen atoms in total. The minimum absolute atomic E-state index is 0.365. The number of carbonyl (C=O) groups excluding carboxylic acids is 1. The molecule has 0 aromatic rings. The Kier molecular flexibility index (Phi) is 5.39. The molecule has 1 unspecified atom stereocenters. The van der Waals surface area contributed by atoms with Crippen LogP contribution < -0.4 is 5.32 Å². The first kappa shape index (κ1) is 14.8. The second kappa shape index (κ2) is 5.80. The van der Waals surface area contributed by atoms with Crippen LogP contribution in [0, 0.1) is 11.3 Å². The standard InChI is InChI=1S/C11H18N2O2S/c1-6-7-11(8-12,16-5)13-9(14)15-10(2,3)4/h6H,1,7H2,2-5H3,(H,13,14). The van der Waals surface area contributed by atoms with Crippen LogP contribution >= 0.6 is 11.8 Å². The van der Waals surface area contributed by atoms with Crippen molar-refractivity contribution in [2.75, 3.05) is 6.26 Å². The molecular formula is C11H18N2O2S. The number of hydrogen-bond acceptors (Lipinski definition) is 4. The zero-order valence-electron chi connectivity index (χ0n) is 10.2. The van der Waals surface area contributed by atoms with E-state index in [1.165, 1.54) is 11.8 Å². The van der Waals surface area contributed by atoms with Crippen LogP contribution in [-0.2, 0) is 4.74 Å². The molecule has 0 aliphatic heterocycles. The molecule has 0 saturated heterocycles. The van der Waals surface area contributed by atoms with Gasteiger partial charge in [0, 0.05) is 6.42 Å². The van der Waals surface area contributed by atoms with Crippen molar-refractivity contribution < 1.29 is 9.53 Å². The SMILES string of the molecule is C=CCC(C#N)(NC(=O)OC(C)(C)C)SC. The summed E-state index contributed by atoms with van der Waals surface area (Å²) in [6.07, 6.45) is 3.12. The van der Waals surface area contributed by atoms with Crippen LogP contribution in [0.1, 0.15) is 27.2 Å². The van der Waals surface area contributed by atoms with Crippen molar-refractivity contribution in [1.29, 1.82) is 5.26 Å². The summed E-state index contributed by atoms with van der Waals surface area (Å²) in [5.74, 6) is 0.